The number of imidazole rings is 1. The van der Waals surface area contributed by atoms with Crippen LogP contribution in [0.15, 0.2) is 14.7 Å². The second-order valence-electron chi connectivity index (χ2n) is 7.29. The minimum atomic E-state index is -0.395. The molecule has 0 saturated carbocycles. The molecule has 9 heteroatoms. The van der Waals surface area contributed by atoms with Crippen LogP contribution in [0, 0.1) is 5.41 Å². The quantitative estimate of drug-likeness (QED) is 0.796. The van der Waals surface area contributed by atoms with Gasteiger partial charge < -0.3 is 4.74 Å². The Morgan fingerprint density at radius 2 is 1.84 bits per heavy atom. The largest absolute Gasteiger partial charge is 0.383 e. The van der Waals surface area contributed by atoms with Gasteiger partial charge in [0.2, 0.25) is 5.95 Å². The lowest BCUT2D eigenvalue weighted by atomic mass is 9.89. The first-order valence-corrected chi connectivity index (χ1v) is 8.17. The van der Waals surface area contributed by atoms with Gasteiger partial charge in [0, 0.05) is 26.6 Å². The SMILES string of the molecule is COCCN1N=C(C(C)(C)C)Cn2c1nc1c2c(=O)n(C)c(=O)n1C. The maximum absolute atomic E-state index is 12.7. The van der Waals surface area contributed by atoms with Gasteiger partial charge in [0.25, 0.3) is 5.56 Å². The third-order valence-corrected chi connectivity index (χ3v) is 4.48. The lowest BCUT2D eigenvalue weighted by Crippen LogP contribution is -2.39. The second-order valence-corrected chi connectivity index (χ2v) is 7.29. The van der Waals surface area contributed by atoms with Gasteiger partial charge in [-0.15, -0.1) is 0 Å². The Kier molecular flexibility index (Phi) is 4.06. The first kappa shape index (κ1) is 17.4. The molecule has 0 saturated heterocycles. The molecule has 2 aromatic rings. The van der Waals surface area contributed by atoms with Crippen LogP contribution < -0.4 is 16.3 Å². The summed E-state index contributed by atoms with van der Waals surface area (Å²) < 4.78 is 9.53. The predicted octanol–water partition coefficient (Wildman–Crippen LogP) is 0.302. The average molecular weight is 348 g/mol. The van der Waals surface area contributed by atoms with Crippen LogP contribution >= 0.6 is 0 Å². The topological polar surface area (TPSA) is 86.7 Å². The van der Waals surface area contributed by atoms with Crippen LogP contribution in [-0.2, 0) is 25.4 Å². The van der Waals surface area contributed by atoms with Gasteiger partial charge in [-0.2, -0.15) is 10.1 Å². The number of hydrogen-bond acceptors (Lipinski definition) is 6. The summed E-state index contributed by atoms with van der Waals surface area (Å²) in [6, 6.07) is 0. The molecule has 0 aliphatic carbocycles. The number of fused-ring (bicyclic) bond motifs is 3. The highest BCUT2D eigenvalue weighted by atomic mass is 16.5. The number of rotatable bonds is 3. The van der Waals surface area contributed by atoms with Crippen LogP contribution in [0.4, 0.5) is 5.95 Å². The van der Waals surface area contributed by atoms with Crippen molar-refractivity contribution in [2.24, 2.45) is 24.6 Å². The van der Waals surface area contributed by atoms with Crippen molar-refractivity contribution in [2.75, 3.05) is 25.3 Å². The second kappa shape index (κ2) is 5.83. The Bertz CT molecular complexity index is 973. The lowest BCUT2D eigenvalue weighted by molar-refractivity contribution is 0.204. The Labute approximate surface area is 145 Å². The highest BCUT2D eigenvalue weighted by molar-refractivity contribution is 5.93. The zero-order valence-corrected chi connectivity index (χ0v) is 15.5. The fourth-order valence-electron chi connectivity index (χ4n) is 2.87. The molecule has 0 aromatic carbocycles. The maximum Gasteiger partial charge on any atom is 0.332 e. The van der Waals surface area contributed by atoms with E-state index >= 15 is 0 Å². The van der Waals surface area contributed by atoms with Gasteiger partial charge in [0.05, 0.1) is 25.4 Å². The summed E-state index contributed by atoms with van der Waals surface area (Å²) in [6.07, 6.45) is 0. The molecule has 1 aliphatic heterocycles. The molecule has 3 heterocycles. The summed E-state index contributed by atoms with van der Waals surface area (Å²) >= 11 is 0. The van der Waals surface area contributed by atoms with Crippen LogP contribution in [0.5, 0.6) is 0 Å². The minimum absolute atomic E-state index is 0.161. The predicted molar refractivity (Wildman–Crippen MR) is 96.3 cm³/mol. The number of aromatic nitrogens is 4. The van der Waals surface area contributed by atoms with E-state index in [1.165, 1.54) is 11.6 Å². The van der Waals surface area contributed by atoms with Crippen LogP contribution in [0.25, 0.3) is 11.2 Å². The summed E-state index contributed by atoms with van der Waals surface area (Å²) in [5.74, 6) is 0.554. The fourth-order valence-corrected chi connectivity index (χ4v) is 2.87. The van der Waals surface area contributed by atoms with Crippen LogP contribution in [0.3, 0.4) is 0 Å². The van der Waals surface area contributed by atoms with Crippen molar-refractivity contribution in [1.82, 2.24) is 18.7 Å². The van der Waals surface area contributed by atoms with E-state index in [4.69, 9.17) is 9.84 Å². The fraction of sp³-hybridized carbons (Fsp3) is 0.625. The molecule has 9 nitrogen and oxygen atoms in total. The Morgan fingerprint density at radius 1 is 1.16 bits per heavy atom. The van der Waals surface area contributed by atoms with Gasteiger partial charge in [-0.25, -0.2) is 9.80 Å². The molecule has 0 N–H and O–H groups in total. The molecule has 0 amide bonds. The molecule has 136 valence electrons. The van der Waals surface area contributed by atoms with E-state index in [9.17, 15) is 9.59 Å². The summed E-state index contributed by atoms with van der Waals surface area (Å²) in [6.45, 7) is 7.69. The summed E-state index contributed by atoms with van der Waals surface area (Å²) in [5.41, 5.74) is 0.818. The van der Waals surface area contributed by atoms with Crippen molar-refractivity contribution in [3.05, 3.63) is 20.8 Å². The number of aryl methyl sites for hydroxylation is 1. The lowest BCUT2D eigenvalue weighted by Gasteiger charge is -2.31. The van der Waals surface area contributed by atoms with E-state index in [-0.39, 0.29) is 11.0 Å². The van der Waals surface area contributed by atoms with E-state index in [1.807, 2.05) is 4.57 Å². The van der Waals surface area contributed by atoms with Crippen LogP contribution in [0.1, 0.15) is 20.8 Å². The van der Waals surface area contributed by atoms with Crippen LogP contribution in [0.2, 0.25) is 0 Å². The Hall–Kier alpha value is -2.42. The molecule has 0 radical (unpaired) electrons. The van der Waals surface area contributed by atoms with Crippen LogP contribution in [-0.4, -0.2) is 44.7 Å². The molecule has 0 bridgehead atoms. The third kappa shape index (κ3) is 2.68. The van der Waals surface area contributed by atoms with E-state index in [1.54, 1.807) is 19.2 Å². The first-order chi connectivity index (χ1) is 11.7. The molecule has 3 rings (SSSR count). The zero-order chi connectivity index (χ0) is 18.5. The zero-order valence-electron chi connectivity index (χ0n) is 15.5. The number of methoxy groups -OCH3 is 1. The summed E-state index contributed by atoms with van der Waals surface area (Å²) in [7, 11) is 4.73. The molecular formula is C16H24N6O3. The van der Waals surface area contributed by atoms with Gasteiger partial charge in [-0.3, -0.25) is 18.5 Å². The monoisotopic (exact) mass is 348 g/mol. The molecule has 0 spiro atoms. The number of hydrazone groups is 1. The number of nitrogens with zero attached hydrogens (tertiary/aromatic N) is 6. The molecule has 0 fully saturated rings. The van der Waals surface area contributed by atoms with E-state index in [0.29, 0.717) is 36.8 Å². The van der Waals surface area contributed by atoms with Gasteiger partial charge in [0.15, 0.2) is 11.2 Å². The van der Waals surface area contributed by atoms with Crippen molar-refractivity contribution in [3.63, 3.8) is 0 Å². The van der Waals surface area contributed by atoms with Crippen molar-refractivity contribution in [3.8, 4) is 0 Å². The van der Waals surface area contributed by atoms with Gasteiger partial charge in [-0.1, -0.05) is 20.8 Å². The van der Waals surface area contributed by atoms with Crippen molar-refractivity contribution in [1.29, 1.82) is 0 Å². The van der Waals surface area contributed by atoms with Crippen molar-refractivity contribution >= 4 is 22.8 Å². The van der Waals surface area contributed by atoms with Gasteiger partial charge >= 0.3 is 5.69 Å². The maximum atomic E-state index is 12.7. The van der Waals surface area contributed by atoms with E-state index in [0.717, 1.165) is 10.3 Å². The normalized spacial score (nSPS) is 14.8. The van der Waals surface area contributed by atoms with E-state index < -0.39 is 5.69 Å². The molecule has 0 atom stereocenters. The van der Waals surface area contributed by atoms with E-state index in [2.05, 4.69) is 25.8 Å². The number of hydrogen-bond donors (Lipinski definition) is 0. The molecule has 2 aromatic heterocycles. The number of anilines is 1. The molecular weight excluding hydrogens is 324 g/mol. The average Bonchev–Trinajstić information content (AvgIpc) is 2.94. The summed E-state index contributed by atoms with van der Waals surface area (Å²) in [4.78, 5) is 29.5. The summed E-state index contributed by atoms with van der Waals surface area (Å²) in [5, 5.41) is 6.47. The Morgan fingerprint density at radius 3 is 2.44 bits per heavy atom. The minimum Gasteiger partial charge on any atom is -0.383 e. The Balaban J connectivity index is 2.30. The van der Waals surface area contributed by atoms with Gasteiger partial charge in [0.1, 0.15) is 0 Å². The van der Waals surface area contributed by atoms with Crippen molar-refractivity contribution in [2.45, 2.75) is 27.3 Å². The third-order valence-electron chi connectivity index (χ3n) is 4.48. The molecule has 1 aliphatic rings. The number of ether oxygens (including phenoxy) is 1. The molecule has 0 unspecified atom stereocenters. The first-order valence-electron chi connectivity index (χ1n) is 8.17. The van der Waals surface area contributed by atoms with Gasteiger partial charge in [-0.05, 0) is 0 Å². The highest BCUT2D eigenvalue weighted by Crippen LogP contribution is 2.28. The molecule has 25 heavy (non-hydrogen) atoms. The smallest absolute Gasteiger partial charge is 0.332 e. The van der Waals surface area contributed by atoms with Crippen molar-refractivity contribution < 1.29 is 4.74 Å². The standard InChI is InChI=1S/C16H24N6O3/c1-16(2,3)10-9-21-11-12(19(4)15(24)20(5)13(11)23)17-14(21)22(18-10)7-8-25-6/h7-9H2,1-6H3. The highest BCUT2D eigenvalue weighted by Gasteiger charge is 2.31.